The van der Waals surface area contributed by atoms with E-state index < -0.39 is 12.1 Å². The fourth-order valence-corrected chi connectivity index (χ4v) is 3.83. The molecule has 3 aromatic carbocycles. The van der Waals surface area contributed by atoms with Gasteiger partial charge in [0.05, 0.1) is 5.56 Å². The molecule has 29 heavy (non-hydrogen) atoms. The van der Waals surface area contributed by atoms with Gasteiger partial charge in [0.1, 0.15) is 6.61 Å². The largest absolute Gasteiger partial charge is 0.478 e. The lowest BCUT2D eigenvalue weighted by Gasteiger charge is -2.16. The number of nitrogen functional groups attached to an aromatic ring is 1. The molecule has 0 bridgehead atoms. The third-order valence-electron chi connectivity index (χ3n) is 5.24. The molecule has 0 aliphatic heterocycles. The number of rotatable bonds is 4. The summed E-state index contributed by atoms with van der Waals surface area (Å²) in [6, 6.07) is 19.0. The molecule has 3 aromatic rings. The molecule has 6 heteroatoms. The summed E-state index contributed by atoms with van der Waals surface area (Å²) < 4.78 is 5.50. The fraction of sp³-hybridized carbons (Fsp3) is 0.130. The van der Waals surface area contributed by atoms with Gasteiger partial charge in [0.25, 0.3) is 0 Å². The molecule has 0 radical (unpaired) electrons. The summed E-state index contributed by atoms with van der Waals surface area (Å²) in [5.41, 5.74) is 11.3. The molecule has 0 atom stereocenters. The molecule has 0 saturated carbocycles. The second-order valence-electron chi connectivity index (χ2n) is 7.00. The van der Waals surface area contributed by atoms with E-state index in [4.69, 9.17) is 10.5 Å². The lowest BCUT2D eigenvalue weighted by molar-refractivity contribution is 0.0696. The van der Waals surface area contributed by atoms with Crippen molar-refractivity contribution >= 4 is 23.4 Å². The number of hydrogen-bond acceptors (Lipinski definition) is 4. The highest BCUT2D eigenvalue weighted by Crippen LogP contribution is 2.44. The maximum absolute atomic E-state index is 12.4. The Bertz CT molecular complexity index is 1080. The fourth-order valence-electron chi connectivity index (χ4n) is 3.83. The number of carboxylic acids is 1. The van der Waals surface area contributed by atoms with Gasteiger partial charge in [-0.2, -0.15) is 0 Å². The maximum atomic E-state index is 12.4. The predicted octanol–water partition coefficient (Wildman–Crippen LogP) is 4.64. The van der Waals surface area contributed by atoms with Crippen LogP contribution in [0.5, 0.6) is 0 Å². The van der Waals surface area contributed by atoms with Crippen molar-refractivity contribution < 1.29 is 19.4 Å². The van der Waals surface area contributed by atoms with Gasteiger partial charge in [-0.1, -0.05) is 48.5 Å². The molecule has 4 rings (SSSR count). The van der Waals surface area contributed by atoms with Crippen molar-refractivity contribution in [1.29, 1.82) is 0 Å². The van der Waals surface area contributed by atoms with Gasteiger partial charge in [-0.15, -0.1) is 0 Å². The van der Waals surface area contributed by atoms with Crippen molar-refractivity contribution in [2.24, 2.45) is 0 Å². The van der Waals surface area contributed by atoms with E-state index in [1.54, 1.807) is 6.92 Å². The van der Waals surface area contributed by atoms with Crippen LogP contribution in [0.1, 0.15) is 33.0 Å². The minimum Gasteiger partial charge on any atom is -0.478 e. The Kier molecular flexibility index (Phi) is 4.68. The Morgan fingerprint density at radius 1 is 1.03 bits per heavy atom. The summed E-state index contributed by atoms with van der Waals surface area (Å²) in [4.78, 5) is 23.8. The van der Waals surface area contributed by atoms with Crippen LogP contribution in [-0.4, -0.2) is 23.8 Å². The number of nitrogens with one attached hydrogen (secondary N) is 1. The van der Waals surface area contributed by atoms with Crippen molar-refractivity contribution in [1.82, 2.24) is 0 Å². The van der Waals surface area contributed by atoms with Crippen LogP contribution in [0.25, 0.3) is 11.1 Å². The first-order valence-corrected chi connectivity index (χ1v) is 9.21. The van der Waals surface area contributed by atoms with Gasteiger partial charge in [0.2, 0.25) is 0 Å². The van der Waals surface area contributed by atoms with E-state index in [2.05, 4.69) is 17.4 Å². The zero-order valence-electron chi connectivity index (χ0n) is 15.8. The maximum Gasteiger partial charge on any atom is 0.411 e. The van der Waals surface area contributed by atoms with E-state index in [9.17, 15) is 14.7 Å². The molecule has 1 aliphatic rings. The minimum absolute atomic E-state index is 0.0407. The normalized spacial score (nSPS) is 12.2. The number of nitrogens with two attached hydrogens (primary N) is 1. The van der Waals surface area contributed by atoms with E-state index in [0.29, 0.717) is 11.3 Å². The number of fused-ring (bicyclic) bond motifs is 3. The quantitative estimate of drug-likeness (QED) is 0.565. The van der Waals surface area contributed by atoms with Crippen molar-refractivity contribution in [3.8, 4) is 11.1 Å². The Morgan fingerprint density at radius 3 is 2.21 bits per heavy atom. The number of aromatic carboxylic acids is 1. The van der Waals surface area contributed by atoms with Crippen molar-refractivity contribution in [3.05, 3.63) is 82.9 Å². The SMILES string of the molecule is Cc1c(NC(=O)OCC2c3ccccc3-c3ccccc32)cc(N)cc1C(=O)O. The Balaban J connectivity index is 1.52. The Labute approximate surface area is 167 Å². The number of anilines is 2. The molecule has 1 amide bonds. The van der Waals surface area contributed by atoms with Gasteiger partial charge in [0.15, 0.2) is 0 Å². The Hall–Kier alpha value is -3.80. The smallest absolute Gasteiger partial charge is 0.411 e. The third kappa shape index (κ3) is 3.40. The lowest BCUT2D eigenvalue weighted by atomic mass is 9.98. The average molecular weight is 388 g/mol. The number of amides is 1. The van der Waals surface area contributed by atoms with Crippen molar-refractivity contribution in [3.63, 3.8) is 0 Å². The lowest BCUT2D eigenvalue weighted by Crippen LogP contribution is -2.19. The number of carboxylic acid groups (broad SMARTS) is 1. The summed E-state index contributed by atoms with van der Waals surface area (Å²) in [5, 5.41) is 11.9. The molecular formula is C23H20N2O4. The molecule has 0 heterocycles. The zero-order chi connectivity index (χ0) is 20.5. The topological polar surface area (TPSA) is 102 Å². The van der Waals surface area contributed by atoms with Gasteiger partial charge in [-0.3, -0.25) is 5.32 Å². The Morgan fingerprint density at radius 2 is 1.62 bits per heavy atom. The van der Waals surface area contributed by atoms with E-state index in [0.717, 1.165) is 22.3 Å². The van der Waals surface area contributed by atoms with Crippen molar-refractivity contribution in [2.75, 3.05) is 17.7 Å². The van der Waals surface area contributed by atoms with Crippen LogP contribution in [0, 0.1) is 6.92 Å². The molecule has 146 valence electrons. The molecule has 0 spiro atoms. The summed E-state index contributed by atoms with van der Waals surface area (Å²) in [7, 11) is 0. The van der Waals surface area contributed by atoms with E-state index >= 15 is 0 Å². The molecule has 1 aliphatic carbocycles. The van der Waals surface area contributed by atoms with Gasteiger partial charge in [-0.25, -0.2) is 9.59 Å². The van der Waals surface area contributed by atoms with Crippen LogP contribution < -0.4 is 11.1 Å². The van der Waals surface area contributed by atoms with Crippen LogP contribution in [0.2, 0.25) is 0 Å². The summed E-state index contributed by atoms with van der Waals surface area (Å²) in [6.07, 6.45) is -0.656. The summed E-state index contributed by atoms with van der Waals surface area (Å²) >= 11 is 0. The first-order chi connectivity index (χ1) is 14.0. The van der Waals surface area contributed by atoms with Gasteiger partial charge in [-0.05, 0) is 46.9 Å². The second kappa shape index (κ2) is 7.31. The third-order valence-corrected chi connectivity index (χ3v) is 5.24. The number of carbonyl (C=O) groups is 2. The monoisotopic (exact) mass is 388 g/mol. The number of carbonyl (C=O) groups excluding carboxylic acids is 1. The predicted molar refractivity (Wildman–Crippen MR) is 111 cm³/mol. The van der Waals surface area contributed by atoms with Crippen molar-refractivity contribution in [2.45, 2.75) is 12.8 Å². The molecular weight excluding hydrogens is 368 g/mol. The molecule has 0 unspecified atom stereocenters. The zero-order valence-corrected chi connectivity index (χ0v) is 15.8. The van der Waals surface area contributed by atoms with Gasteiger partial charge < -0.3 is 15.6 Å². The van der Waals surface area contributed by atoms with Gasteiger partial charge >= 0.3 is 12.1 Å². The first-order valence-electron chi connectivity index (χ1n) is 9.21. The summed E-state index contributed by atoms with van der Waals surface area (Å²) in [5.74, 6) is -1.16. The van der Waals surface area contributed by atoms with E-state index in [1.165, 1.54) is 12.1 Å². The number of hydrogen-bond donors (Lipinski definition) is 3. The van der Waals surface area contributed by atoms with Crippen LogP contribution >= 0.6 is 0 Å². The minimum atomic E-state index is -1.11. The number of ether oxygens (including phenoxy) is 1. The van der Waals surface area contributed by atoms with Crippen LogP contribution in [-0.2, 0) is 4.74 Å². The van der Waals surface area contributed by atoms with Crippen LogP contribution in [0.15, 0.2) is 60.7 Å². The van der Waals surface area contributed by atoms with E-state index in [-0.39, 0.29) is 23.8 Å². The summed E-state index contributed by atoms with van der Waals surface area (Å²) in [6.45, 7) is 1.79. The highest BCUT2D eigenvalue weighted by Gasteiger charge is 2.29. The standard InChI is InChI=1S/C23H20N2O4/c1-13-19(22(26)27)10-14(24)11-21(13)25-23(28)29-12-20-17-8-4-2-6-15(17)16-7-3-5-9-18(16)20/h2-11,20H,12,24H2,1H3,(H,25,28)(H,26,27). The first kappa shape index (κ1) is 18.6. The molecule has 0 fully saturated rings. The molecule has 0 aromatic heterocycles. The highest BCUT2D eigenvalue weighted by atomic mass is 16.5. The number of benzene rings is 3. The second-order valence-corrected chi connectivity index (χ2v) is 7.00. The van der Waals surface area contributed by atoms with Crippen LogP contribution in [0.3, 0.4) is 0 Å². The van der Waals surface area contributed by atoms with E-state index in [1.807, 2.05) is 36.4 Å². The molecule has 4 N–H and O–H groups in total. The molecule has 6 nitrogen and oxygen atoms in total. The molecule has 0 saturated heterocycles. The highest BCUT2D eigenvalue weighted by molar-refractivity contribution is 5.95. The average Bonchev–Trinajstić information content (AvgIpc) is 3.02. The van der Waals surface area contributed by atoms with Gasteiger partial charge in [0, 0.05) is 17.3 Å². The van der Waals surface area contributed by atoms with Crippen LogP contribution in [0.4, 0.5) is 16.2 Å².